The molecule has 0 spiro atoms. The van der Waals surface area contributed by atoms with Gasteiger partial charge in [0.05, 0.1) is 6.61 Å². The van der Waals surface area contributed by atoms with Gasteiger partial charge in [-0.1, -0.05) is 20.8 Å². The van der Waals surface area contributed by atoms with Crippen molar-refractivity contribution in [2.24, 2.45) is 5.41 Å². The Bertz CT molecular complexity index is 362. The molecule has 0 atom stereocenters. The highest BCUT2D eigenvalue weighted by atomic mass is 16.3. The van der Waals surface area contributed by atoms with Crippen LogP contribution in [0.4, 0.5) is 11.6 Å². The molecule has 1 heterocycles. The van der Waals surface area contributed by atoms with Gasteiger partial charge in [0.2, 0.25) is 0 Å². The Morgan fingerprint density at radius 2 is 2.06 bits per heavy atom. The fourth-order valence-electron chi connectivity index (χ4n) is 1.45. The molecule has 0 unspecified atom stereocenters. The van der Waals surface area contributed by atoms with Gasteiger partial charge in [0, 0.05) is 26.2 Å². The van der Waals surface area contributed by atoms with Crippen LogP contribution in [0.3, 0.4) is 0 Å². The third-order valence-electron chi connectivity index (χ3n) is 2.66. The first-order chi connectivity index (χ1) is 8.42. The molecule has 0 fully saturated rings. The molecule has 0 aliphatic carbocycles. The van der Waals surface area contributed by atoms with Crippen LogP contribution in [0, 0.1) is 5.41 Å². The normalized spacial score (nSPS) is 11.4. The van der Waals surface area contributed by atoms with Crippen molar-refractivity contribution < 1.29 is 5.11 Å². The number of rotatable bonds is 6. The second kappa shape index (κ2) is 6.54. The second-order valence-electron chi connectivity index (χ2n) is 5.64. The molecule has 0 saturated carbocycles. The predicted molar refractivity (Wildman–Crippen MR) is 74.9 cm³/mol. The second-order valence-corrected chi connectivity index (χ2v) is 5.64. The van der Waals surface area contributed by atoms with Gasteiger partial charge in [-0.3, -0.25) is 0 Å². The summed E-state index contributed by atoms with van der Waals surface area (Å²) in [6.07, 6.45) is 2.65. The largest absolute Gasteiger partial charge is 0.395 e. The van der Waals surface area contributed by atoms with E-state index in [0.29, 0.717) is 12.0 Å². The third-order valence-corrected chi connectivity index (χ3v) is 2.66. The molecular weight excluding hydrogens is 228 g/mol. The zero-order valence-electron chi connectivity index (χ0n) is 11.8. The topological polar surface area (TPSA) is 61.3 Å². The van der Waals surface area contributed by atoms with Crippen molar-refractivity contribution in [2.45, 2.75) is 27.2 Å². The predicted octanol–water partition coefficient (Wildman–Crippen LogP) is 1.75. The van der Waals surface area contributed by atoms with Crippen LogP contribution in [-0.2, 0) is 0 Å². The van der Waals surface area contributed by atoms with E-state index in [1.165, 1.54) is 0 Å². The summed E-state index contributed by atoms with van der Waals surface area (Å²) in [5.74, 6) is 1.64. The Labute approximate surface area is 109 Å². The third kappa shape index (κ3) is 5.31. The number of aliphatic hydroxyl groups is 1. The first-order valence-corrected chi connectivity index (χ1v) is 6.30. The Hall–Kier alpha value is -1.36. The quantitative estimate of drug-likeness (QED) is 0.807. The van der Waals surface area contributed by atoms with Crippen LogP contribution in [0.1, 0.15) is 27.2 Å². The average molecular weight is 252 g/mol. The van der Waals surface area contributed by atoms with Crippen molar-refractivity contribution in [3.05, 3.63) is 12.4 Å². The minimum Gasteiger partial charge on any atom is -0.395 e. The molecule has 2 N–H and O–H groups in total. The van der Waals surface area contributed by atoms with Crippen molar-refractivity contribution >= 4 is 11.6 Å². The van der Waals surface area contributed by atoms with Gasteiger partial charge in [-0.05, 0) is 11.8 Å². The average Bonchev–Trinajstić information content (AvgIpc) is 2.33. The van der Waals surface area contributed by atoms with E-state index in [2.05, 4.69) is 41.0 Å². The smallest absolute Gasteiger partial charge is 0.133 e. The van der Waals surface area contributed by atoms with Gasteiger partial charge in [0.1, 0.15) is 18.0 Å². The summed E-state index contributed by atoms with van der Waals surface area (Å²) in [6.45, 7) is 8.25. The van der Waals surface area contributed by atoms with Crippen LogP contribution >= 0.6 is 0 Å². The van der Waals surface area contributed by atoms with Gasteiger partial charge in [0.25, 0.3) is 0 Å². The van der Waals surface area contributed by atoms with Crippen molar-refractivity contribution in [3.63, 3.8) is 0 Å². The van der Waals surface area contributed by atoms with E-state index in [-0.39, 0.29) is 6.61 Å². The molecule has 0 amide bonds. The highest BCUT2D eigenvalue weighted by Crippen LogP contribution is 2.20. The summed E-state index contributed by atoms with van der Waals surface area (Å²) in [7, 11) is 2.03. The summed E-state index contributed by atoms with van der Waals surface area (Å²) >= 11 is 0. The molecule has 0 aliphatic rings. The lowest BCUT2D eigenvalue weighted by Gasteiger charge is -2.24. The molecule has 0 saturated heterocycles. The van der Waals surface area contributed by atoms with Crippen LogP contribution in [0.15, 0.2) is 12.4 Å². The van der Waals surface area contributed by atoms with E-state index in [4.69, 9.17) is 5.11 Å². The molecule has 5 nitrogen and oxygen atoms in total. The summed E-state index contributed by atoms with van der Waals surface area (Å²) < 4.78 is 0. The number of anilines is 2. The van der Waals surface area contributed by atoms with Crippen LogP contribution in [0.25, 0.3) is 0 Å². The fourth-order valence-corrected chi connectivity index (χ4v) is 1.45. The highest BCUT2D eigenvalue weighted by Gasteiger charge is 2.12. The lowest BCUT2D eigenvalue weighted by atomic mass is 9.92. The molecular formula is C13H24N4O. The number of hydrogen-bond donors (Lipinski definition) is 2. The van der Waals surface area contributed by atoms with Crippen molar-refractivity contribution in [2.75, 3.05) is 37.0 Å². The van der Waals surface area contributed by atoms with E-state index < -0.39 is 0 Å². The van der Waals surface area contributed by atoms with Crippen LogP contribution < -0.4 is 10.2 Å². The van der Waals surface area contributed by atoms with E-state index >= 15 is 0 Å². The Balaban J connectivity index is 2.59. The monoisotopic (exact) mass is 252 g/mol. The molecule has 1 aromatic rings. The Morgan fingerprint density at radius 1 is 1.33 bits per heavy atom. The van der Waals surface area contributed by atoms with Gasteiger partial charge < -0.3 is 15.3 Å². The zero-order valence-corrected chi connectivity index (χ0v) is 11.8. The van der Waals surface area contributed by atoms with Crippen LogP contribution in [0.2, 0.25) is 0 Å². The summed E-state index contributed by atoms with van der Waals surface area (Å²) in [6, 6.07) is 1.90. The fraction of sp³-hybridized carbons (Fsp3) is 0.692. The molecule has 1 rings (SSSR count). The molecule has 18 heavy (non-hydrogen) atoms. The molecule has 0 bridgehead atoms. The maximum Gasteiger partial charge on any atom is 0.133 e. The van der Waals surface area contributed by atoms with Crippen molar-refractivity contribution in [1.82, 2.24) is 9.97 Å². The van der Waals surface area contributed by atoms with Crippen LogP contribution in [0.5, 0.6) is 0 Å². The minimum atomic E-state index is 0.0964. The van der Waals surface area contributed by atoms with Crippen molar-refractivity contribution in [3.8, 4) is 0 Å². The van der Waals surface area contributed by atoms with Gasteiger partial charge in [0.15, 0.2) is 0 Å². The van der Waals surface area contributed by atoms with E-state index in [1.807, 2.05) is 13.1 Å². The number of aromatic nitrogens is 2. The molecule has 5 heteroatoms. The minimum absolute atomic E-state index is 0.0964. The van der Waals surface area contributed by atoms with Gasteiger partial charge in [-0.25, -0.2) is 9.97 Å². The summed E-state index contributed by atoms with van der Waals surface area (Å²) in [5, 5.41) is 11.8. The Kier molecular flexibility index (Phi) is 5.34. The molecule has 1 aromatic heterocycles. The van der Waals surface area contributed by atoms with Crippen molar-refractivity contribution in [1.29, 1.82) is 0 Å². The van der Waals surface area contributed by atoms with E-state index in [0.717, 1.165) is 24.6 Å². The Morgan fingerprint density at radius 3 is 2.67 bits per heavy atom. The first kappa shape index (κ1) is 14.7. The summed E-state index contributed by atoms with van der Waals surface area (Å²) in [4.78, 5) is 10.5. The molecule has 0 aliphatic heterocycles. The van der Waals surface area contributed by atoms with Crippen LogP contribution in [-0.4, -0.2) is 41.8 Å². The van der Waals surface area contributed by atoms with Gasteiger partial charge in [-0.2, -0.15) is 0 Å². The first-order valence-electron chi connectivity index (χ1n) is 6.30. The number of aliphatic hydroxyl groups excluding tert-OH is 1. The van der Waals surface area contributed by atoms with Gasteiger partial charge >= 0.3 is 0 Å². The standard InChI is InChI=1S/C13H24N4O/c1-13(2,3)5-7-17(4)12-9-11(14-6-8-18)15-10-16-12/h9-10,18H,5-8H2,1-4H3,(H,14,15,16). The lowest BCUT2D eigenvalue weighted by Crippen LogP contribution is -2.24. The number of nitrogens with one attached hydrogen (secondary N) is 1. The molecule has 0 radical (unpaired) electrons. The maximum atomic E-state index is 8.76. The number of nitrogens with zero attached hydrogens (tertiary/aromatic N) is 3. The zero-order chi connectivity index (χ0) is 13.6. The maximum absolute atomic E-state index is 8.76. The highest BCUT2D eigenvalue weighted by molar-refractivity contribution is 5.47. The SMILES string of the molecule is CN(CCC(C)(C)C)c1cc(NCCO)ncn1. The lowest BCUT2D eigenvalue weighted by molar-refractivity contribution is 0.311. The van der Waals surface area contributed by atoms with E-state index in [9.17, 15) is 0 Å². The molecule has 0 aromatic carbocycles. The van der Waals surface area contributed by atoms with E-state index in [1.54, 1.807) is 6.33 Å². The van der Waals surface area contributed by atoms with Gasteiger partial charge in [-0.15, -0.1) is 0 Å². The summed E-state index contributed by atoms with van der Waals surface area (Å²) in [5.41, 5.74) is 0.319. The number of hydrogen-bond acceptors (Lipinski definition) is 5. The molecule has 102 valence electrons.